The van der Waals surface area contributed by atoms with Gasteiger partial charge in [-0.25, -0.2) is 9.78 Å². The molecule has 0 bridgehead atoms. The molecule has 1 fully saturated rings. The number of aliphatic hydroxyl groups is 1. The summed E-state index contributed by atoms with van der Waals surface area (Å²) in [6, 6.07) is -0.0444. The van der Waals surface area contributed by atoms with Crippen molar-refractivity contribution in [3.05, 3.63) is 18.7 Å². The highest BCUT2D eigenvalue weighted by atomic mass is 16.3. The Balaban J connectivity index is 1.67. The van der Waals surface area contributed by atoms with Gasteiger partial charge in [-0.05, 0) is 12.8 Å². The van der Waals surface area contributed by atoms with Crippen molar-refractivity contribution in [1.29, 1.82) is 0 Å². The van der Waals surface area contributed by atoms with E-state index in [0.717, 1.165) is 6.54 Å². The number of hydrogen-bond acceptors (Lipinski definition) is 3. The van der Waals surface area contributed by atoms with Crippen LogP contribution in [0.25, 0.3) is 0 Å². The predicted molar refractivity (Wildman–Crippen MR) is 62.4 cm³/mol. The number of carbonyl (C=O) groups excluding carboxylic acids is 1. The van der Waals surface area contributed by atoms with Crippen molar-refractivity contribution in [2.45, 2.75) is 25.5 Å². The lowest BCUT2D eigenvalue weighted by atomic mass is 10.1. The third kappa shape index (κ3) is 3.45. The van der Waals surface area contributed by atoms with E-state index in [-0.39, 0.29) is 12.1 Å². The van der Waals surface area contributed by atoms with Crippen LogP contribution < -0.4 is 5.32 Å². The average Bonchev–Trinajstić information content (AvgIpc) is 2.83. The molecule has 1 aliphatic rings. The second-order valence-corrected chi connectivity index (χ2v) is 4.25. The molecule has 6 nitrogen and oxygen atoms in total. The van der Waals surface area contributed by atoms with E-state index in [1.54, 1.807) is 17.4 Å². The SMILES string of the molecule is O=C(NCCn1ccnc1)N1CCC(O)CC1. The maximum atomic E-state index is 11.7. The van der Waals surface area contributed by atoms with E-state index in [4.69, 9.17) is 0 Å². The summed E-state index contributed by atoms with van der Waals surface area (Å²) < 4.78 is 1.92. The third-order valence-electron chi connectivity index (χ3n) is 2.96. The summed E-state index contributed by atoms with van der Waals surface area (Å²) in [5.41, 5.74) is 0. The Labute approximate surface area is 100 Å². The van der Waals surface area contributed by atoms with Crippen molar-refractivity contribution < 1.29 is 9.90 Å². The molecular formula is C11H18N4O2. The number of hydrogen-bond donors (Lipinski definition) is 2. The van der Waals surface area contributed by atoms with E-state index in [2.05, 4.69) is 10.3 Å². The average molecular weight is 238 g/mol. The van der Waals surface area contributed by atoms with Gasteiger partial charge in [0.2, 0.25) is 0 Å². The fraction of sp³-hybridized carbons (Fsp3) is 0.636. The summed E-state index contributed by atoms with van der Waals surface area (Å²) in [5.74, 6) is 0. The van der Waals surface area contributed by atoms with Crippen LogP contribution in [-0.2, 0) is 6.54 Å². The lowest BCUT2D eigenvalue weighted by Gasteiger charge is -2.29. The van der Waals surface area contributed by atoms with Crippen LogP contribution in [0.4, 0.5) is 4.79 Å². The van der Waals surface area contributed by atoms with E-state index in [1.165, 1.54) is 0 Å². The van der Waals surface area contributed by atoms with Gasteiger partial charge in [-0.3, -0.25) is 0 Å². The van der Waals surface area contributed by atoms with Crippen LogP contribution in [0.15, 0.2) is 18.7 Å². The lowest BCUT2D eigenvalue weighted by Crippen LogP contribution is -2.46. The third-order valence-corrected chi connectivity index (χ3v) is 2.96. The predicted octanol–water partition coefficient (Wildman–Crippen LogP) is 0.0494. The van der Waals surface area contributed by atoms with Crippen LogP contribution in [0.3, 0.4) is 0 Å². The summed E-state index contributed by atoms with van der Waals surface area (Å²) in [4.78, 5) is 17.4. The number of imidazole rings is 1. The minimum Gasteiger partial charge on any atom is -0.393 e. The van der Waals surface area contributed by atoms with Crippen LogP contribution >= 0.6 is 0 Å². The molecular weight excluding hydrogens is 220 g/mol. The van der Waals surface area contributed by atoms with Crippen molar-refractivity contribution in [3.63, 3.8) is 0 Å². The van der Waals surface area contributed by atoms with E-state index in [1.807, 2.05) is 10.8 Å². The molecule has 0 unspecified atom stereocenters. The van der Waals surface area contributed by atoms with Gasteiger partial charge in [0, 0.05) is 38.6 Å². The van der Waals surface area contributed by atoms with E-state index in [0.29, 0.717) is 32.5 Å². The first-order chi connectivity index (χ1) is 8.25. The molecule has 0 radical (unpaired) electrons. The monoisotopic (exact) mass is 238 g/mol. The molecule has 0 aromatic carbocycles. The summed E-state index contributed by atoms with van der Waals surface area (Å²) in [6.07, 6.45) is 6.41. The zero-order valence-electron chi connectivity index (χ0n) is 9.75. The Kier molecular flexibility index (Phi) is 3.98. The summed E-state index contributed by atoms with van der Waals surface area (Å²) in [7, 11) is 0. The van der Waals surface area contributed by atoms with Gasteiger partial charge in [0.25, 0.3) is 0 Å². The van der Waals surface area contributed by atoms with Gasteiger partial charge in [-0.1, -0.05) is 0 Å². The maximum absolute atomic E-state index is 11.7. The second-order valence-electron chi connectivity index (χ2n) is 4.25. The highest BCUT2D eigenvalue weighted by Gasteiger charge is 2.20. The van der Waals surface area contributed by atoms with Gasteiger partial charge in [-0.2, -0.15) is 0 Å². The molecule has 6 heteroatoms. The van der Waals surface area contributed by atoms with E-state index in [9.17, 15) is 9.90 Å². The summed E-state index contributed by atoms with van der Waals surface area (Å²) in [6.45, 7) is 2.59. The highest BCUT2D eigenvalue weighted by molar-refractivity contribution is 5.74. The van der Waals surface area contributed by atoms with E-state index < -0.39 is 0 Å². The second kappa shape index (κ2) is 5.67. The van der Waals surface area contributed by atoms with Crippen LogP contribution in [0, 0.1) is 0 Å². The van der Waals surface area contributed by atoms with Gasteiger partial charge in [0.1, 0.15) is 0 Å². The first-order valence-electron chi connectivity index (χ1n) is 5.92. The zero-order valence-corrected chi connectivity index (χ0v) is 9.75. The number of rotatable bonds is 3. The smallest absolute Gasteiger partial charge is 0.317 e. The molecule has 2 rings (SSSR count). The van der Waals surface area contributed by atoms with Crippen LogP contribution in [0.5, 0.6) is 0 Å². The van der Waals surface area contributed by atoms with Crippen molar-refractivity contribution in [1.82, 2.24) is 19.8 Å². The molecule has 1 aliphatic heterocycles. The minimum atomic E-state index is -0.245. The van der Waals surface area contributed by atoms with Crippen LogP contribution in [0.1, 0.15) is 12.8 Å². The van der Waals surface area contributed by atoms with Gasteiger partial charge in [0.05, 0.1) is 12.4 Å². The van der Waals surface area contributed by atoms with Gasteiger partial charge < -0.3 is 19.9 Å². The number of aliphatic hydroxyl groups excluding tert-OH is 1. The van der Waals surface area contributed by atoms with E-state index >= 15 is 0 Å². The topological polar surface area (TPSA) is 70.4 Å². The van der Waals surface area contributed by atoms with Crippen LogP contribution in [0.2, 0.25) is 0 Å². The molecule has 0 aliphatic carbocycles. The van der Waals surface area contributed by atoms with Crippen LogP contribution in [-0.4, -0.2) is 51.3 Å². The normalized spacial score (nSPS) is 17.1. The maximum Gasteiger partial charge on any atom is 0.317 e. The fourth-order valence-corrected chi connectivity index (χ4v) is 1.89. The Morgan fingerprint density at radius 2 is 2.24 bits per heavy atom. The van der Waals surface area contributed by atoms with Crippen molar-refractivity contribution >= 4 is 6.03 Å². The Bertz CT molecular complexity index is 344. The fourth-order valence-electron chi connectivity index (χ4n) is 1.89. The molecule has 2 heterocycles. The molecule has 1 aromatic rings. The first-order valence-corrected chi connectivity index (χ1v) is 5.92. The molecule has 1 saturated heterocycles. The number of piperidine rings is 1. The number of nitrogens with one attached hydrogen (secondary N) is 1. The number of urea groups is 1. The van der Waals surface area contributed by atoms with Gasteiger partial charge in [0.15, 0.2) is 0 Å². The number of carbonyl (C=O) groups is 1. The number of amides is 2. The van der Waals surface area contributed by atoms with Gasteiger partial charge in [-0.15, -0.1) is 0 Å². The van der Waals surface area contributed by atoms with Crippen molar-refractivity contribution in [3.8, 4) is 0 Å². The molecule has 17 heavy (non-hydrogen) atoms. The largest absolute Gasteiger partial charge is 0.393 e. The molecule has 0 atom stereocenters. The van der Waals surface area contributed by atoms with Crippen molar-refractivity contribution in [2.24, 2.45) is 0 Å². The number of nitrogens with zero attached hydrogens (tertiary/aromatic N) is 3. The lowest BCUT2D eigenvalue weighted by molar-refractivity contribution is 0.0937. The standard InChI is InChI=1S/C11H18N4O2/c16-10-1-5-15(6-2-10)11(17)13-4-8-14-7-3-12-9-14/h3,7,9-10,16H,1-2,4-6,8H2,(H,13,17). The summed E-state index contributed by atoms with van der Waals surface area (Å²) >= 11 is 0. The minimum absolute atomic E-state index is 0.0444. The molecule has 0 saturated carbocycles. The zero-order chi connectivity index (χ0) is 12.1. The molecule has 1 aromatic heterocycles. The summed E-state index contributed by atoms with van der Waals surface area (Å²) in [5, 5.41) is 12.2. The number of likely N-dealkylation sites (tertiary alicyclic amines) is 1. The molecule has 2 amide bonds. The molecule has 2 N–H and O–H groups in total. The molecule has 94 valence electrons. The van der Waals surface area contributed by atoms with Gasteiger partial charge >= 0.3 is 6.03 Å². The molecule has 0 spiro atoms. The Hall–Kier alpha value is -1.56. The Morgan fingerprint density at radius 1 is 1.47 bits per heavy atom. The highest BCUT2D eigenvalue weighted by Crippen LogP contribution is 2.09. The Morgan fingerprint density at radius 3 is 2.88 bits per heavy atom. The number of aromatic nitrogens is 2. The quantitative estimate of drug-likeness (QED) is 0.781. The van der Waals surface area contributed by atoms with Crippen molar-refractivity contribution in [2.75, 3.05) is 19.6 Å². The first kappa shape index (κ1) is 11.9.